The molecule has 2 aliphatic carbocycles. The standard InChI is InChI=1S/C18H22N4O2S/c23-16(20-18-19-14-8-4-5-9-15(14)25-18)11-22-17(24)10-12-6-2-1-3-7-13(12)21-22/h10H,1-9,11H2,(H,19,20,23). The van der Waals surface area contributed by atoms with Crippen LogP contribution in [0.3, 0.4) is 0 Å². The molecule has 1 N–H and O–H groups in total. The summed E-state index contributed by atoms with van der Waals surface area (Å²) in [6.07, 6.45) is 9.56. The molecule has 0 radical (unpaired) electrons. The molecule has 2 aromatic rings. The van der Waals surface area contributed by atoms with Gasteiger partial charge in [-0.15, -0.1) is 11.3 Å². The Labute approximate surface area is 150 Å². The van der Waals surface area contributed by atoms with Gasteiger partial charge in [0.25, 0.3) is 5.56 Å². The zero-order valence-electron chi connectivity index (χ0n) is 14.2. The van der Waals surface area contributed by atoms with Crippen molar-refractivity contribution < 1.29 is 4.79 Å². The Morgan fingerprint density at radius 1 is 1.08 bits per heavy atom. The summed E-state index contributed by atoms with van der Waals surface area (Å²) >= 11 is 1.55. The Morgan fingerprint density at radius 3 is 2.72 bits per heavy atom. The van der Waals surface area contributed by atoms with E-state index >= 15 is 0 Å². The average Bonchev–Trinajstić information content (AvgIpc) is 2.86. The number of anilines is 1. The molecule has 0 unspecified atom stereocenters. The second-order valence-corrected chi connectivity index (χ2v) is 7.90. The first-order chi connectivity index (χ1) is 12.2. The summed E-state index contributed by atoms with van der Waals surface area (Å²) in [7, 11) is 0. The quantitative estimate of drug-likeness (QED) is 0.855. The van der Waals surface area contributed by atoms with Crippen LogP contribution < -0.4 is 10.9 Å². The Hall–Kier alpha value is -2.02. The maximum atomic E-state index is 12.3. The molecule has 7 heteroatoms. The molecule has 0 aliphatic heterocycles. The van der Waals surface area contributed by atoms with E-state index in [-0.39, 0.29) is 18.0 Å². The fourth-order valence-corrected chi connectivity index (χ4v) is 4.66. The van der Waals surface area contributed by atoms with Gasteiger partial charge in [-0.25, -0.2) is 9.67 Å². The van der Waals surface area contributed by atoms with Crippen LogP contribution >= 0.6 is 11.3 Å². The molecule has 1 amide bonds. The van der Waals surface area contributed by atoms with Gasteiger partial charge in [-0.2, -0.15) is 5.10 Å². The van der Waals surface area contributed by atoms with Crippen molar-refractivity contribution in [2.24, 2.45) is 0 Å². The minimum atomic E-state index is -0.241. The van der Waals surface area contributed by atoms with Crippen LogP contribution in [0.2, 0.25) is 0 Å². The lowest BCUT2D eigenvalue weighted by atomic mass is 10.0. The normalized spacial score (nSPS) is 16.6. The highest BCUT2D eigenvalue weighted by molar-refractivity contribution is 7.15. The van der Waals surface area contributed by atoms with Gasteiger partial charge < -0.3 is 5.32 Å². The number of nitrogens with zero attached hydrogens (tertiary/aromatic N) is 3. The van der Waals surface area contributed by atoms with Crippen LogP contribution in [0, 0.1) is 0 Å². The van der Waals surface area contributed by atoms with Gasteiger partial charge in [-0.3, -0.25) is 9.59 Å². The number of amides is 1. The molecule has 0 atom stereocenters. The highest BCUT2D eigenvalue weighted by Crippen LogP contribution is 2.29. The van der Waals surface area contributed by atoms with Crippen LogP contribution in [0.4, 0.5) is 5.13 Å². The highest BCUT2D eigenvalue weighted by Gasteiger charge is 2.18. The first kappa shape index (κ1) is 16.4. The van der Waals surface area contributed by atoms with Crippen molar-refractivity contribution in [1.82, 2.24) is 14.8 Å². The summed E-state index contributed by atoms with van der Waals surface area (Å²) < 4.78 is 1.28. The van der Waals surface area contributed by atoms with Crippen LogP contribution in [0.25, 0.3) is 0 Å². The van der Waals surface area contributed by atoms with Crippen molar-refractivity contribution >= 4 is 22.4 Å². The van der Waals surface area contributed by atoms with E-state index in [4.69, 9.17) is 0 Å². The SMILES string of the molecule is O=C(Cn1nc2c(cc1=O)CCCCC2)Nc1nc2c(s1)CCCC2. The monoisotopic (exact) mass is 358 g/mol. The summed E-state index contributed by atoms with van der Waals surface area (Å²) in [5, 5.41) is 7.92. The number of hydrogen-bond donors (Lipinski definition) is 1. The van der Waals surface area contributed by atoms with Crippen molar-refractivity contribution in [3.63, 3.8) is 0 Å². The maximum Gasteiger partial charge on any atom is 0.267 e. The second kappa shape index (κ2) is 7.07. The van der Waals surface area contributed by atoms with Crippen molar-refractivity contribution in [3.8, 4) is 0 Å². The third-order valence-electron chi connectivity index (χ3n) is 4.91. The van der Waals surface area contributed by atoms with E-state index in [1.54, 1.807) is 17.4 Å². The van der Waals surface area contributed by atoms with Gasteiger partial charge in [0, 0.05) is 10.9 Å². The molecule has 6 nitrogen and oxygen atoms in total. The van der Waals surface area contributed by atoms with Gasteiger partial charge in [0.1, 0.15) is 6.54 Å². The van der Waals surface area contributed by atoms with Crippen LogP contribution in [-0.4, -0.2) is 20.7 Å². The Balaban J connectivity index is 1.48. The summed E-state index contributed by atoms with van der Waals surface area (Å²) in [4.78, 5) is 30.4. The molecule has 0 bridgehead atoms. The molecule has 0 saturated carbocycles. The Kier molecular flexibility index (Phi) is 4.65. The average molecular weight is 358 g/mol. The zero-order valence-corrected chi connectivity index (χ0v) is 15.0. The maximum absolute atomic E-state index is 12.3. The van der Waals surface area contributed by atoms with E-state index in [2.05, 4.69) is 15.4 Å². The summed E-state index contributed by atoms with van der Waals surface area (Å²) in [5.74, 6) is -0.241. The molecule has 132 valence electrons. The summed E-state index contributed by atoms with van der Waals surface area (Å²) in [6.45, 7) is -0.0592. The molecule has 0 spiro atoms. The molecule has 0 aromatic carbocycles. The van der Waals surface area contributed by atoms with Crippen molar-refractivity contribution in [2.75, 3.05) is 5.32 Å². The van der Waals surface area contributed by atoms with E-state index in [0.717, 1.165) is 55.5 Å². The smallest absolute Gasteiger partial charge is 0.267 e. The summed E-state index contributed by atoms with van der Waals surface area (Å²) in [6, 6.07) is 1.66. The van der Waals surface area contributed by atoms with Gasteiger partial charge in [-0.05, 0) is 56.9 Å². The molecular formula is C18H22N4O2S. The first-order valence-corrected chi connectivity index (χ1v) is 9.89. The number of aryl methyl sites for hydroxylation is 4. The van der Waals surface area contributed by atoms with E-state index in [0.29, 0.717) is 5.13 Å². The largest absolute Gasteiger partial charge is 0.300 e. The molecule has 25 heavy (non-hydrogen) atoms. The van der Waals surface area contributed by atoms with E-state index in [9.17, 15) is 9.59 Å². The third-order valence-corrected chi connectivity index (χ3v) is 5.98. The third kappa shape index (κ3) is 3.66. The van der Waals surface area contributed by atoms with Crippen LogP contribution in [-0.2, 0) is 37.0 Å². The van der Waals surface area contributed by atoms with Gasteiger partial charge >= 0.3 is 0 Å². The second-order valence-electron chi connectivity index (χ2n) is 6.82. The zero-order chi connectivity index (χ0) is 17.2. The van der Waals surface area contributed by atoms with Crippen LogP contribution in [0.5, 0.6) is 0 Å². The Morgan fingerprint density at radius 2 is 1.84 bits per heavy atom. The number of aromatic nitrogens is 3. The minimum Gasteiger partial charge on any atom is -0.300 e. The van der Waals surface area contributed by atoms with E-state index < -0.39 is 0 Å². The van der Waals surface area contributed by atoms with E-state index in [1.807, 2.05) is 0 Å². The fourth-order valence-electron chi connectivity index (χ4n) is 3.59. The fraction of sp³-hybridized carbons (Fsp3) is 0.556. The predicted molar refractivity (Wildman–Crippen MR) is 97.1 cm³/mol. The summed E-state index contributed by atoms with van der Waals surface area (Å²) in [5.41, 5.74) is 2.93. The molecule has 2 aromatic heterocycles. The highest BCUT2D eigenvalue weighted by atomic mass is 32.1. The lowest BCUT2D eigenvalue weighted by Crippen LogP contribution is -2.30. The predicted octanol–water partition coefficient (Wildman–Crippen LogP) is 2.49. The Bertz CT molecular complexity index is 832. The number of fused-ring (bicyclic) bond motifs is 2. The van der Waals surface area contributed by atoms with Gasteiger partial charge in [-0.1, -0.05) is 6.42 Å². The van der Waals surface area contributed by atoms with Crippen LogP contribution in [0.1, 0.15) is 53.9 Å². The van der Waals surface area contributed by atoms with Crippen LogP contribution in [0.15, 0.2) is 10.9 Å². The molecule has 2 heterocycles. The van der Waals surface area contributed by atoms with Crippen molar-refractivity contribution in [2.45, 2.75) is 64.3 Å². The van der Waals surface area contributed by atoms with Gasteiger partial charge in [0.05, 0.1) is 11.4 Å². The lowest BCUT2D eigenvalue weighted by molar-refractivity contribution is -0.117. The lowest BCUT2D eigenvalue weighted by Gasteiger charge is -2.09. The number of thiazole rings is 1. The van der Waals surface area contributed by atoms with Crippen molar-refractivity contribution in [3.05, 3.63) is 38.2 Å². The number of carbonyl (C=O) groups excluding carboxylic acids is 1. The number of nitrogens with one attached hydrogen (secondary N) is 1. The van der Waals surface area contributed by atoms with Crippen molar-refractivity contribution in [1.29, 1.82) is 0 Å². The van der Waals surface area contributed by atoms with Gasteiger partial charge in [0.15, 0.2) is 5.13 Å². The molecule has 0 fully saturated rings. The number of hydrogen-bond acceptors (Lipinski definition) is 5. The van der Waals surface area contributed by atoms with E-state index in [1.165, 1.54) is 28.8 Å². The molecular weight excluding hydrogens is 336 g/mol. The number of rotatable bonds is 3. The van der Waals surface area contributed by atoms with Gasteiger partial charge in [0.2, 0.25) is 5.91 Å². The topological polar surface area (TPSA) is 76.9 Å². The minimum absolute atomic E-state index is 0.0592. The molecule has 0 saturated heterocycles. The number of carbonyl (C=O) groups is 1. The molecule has 2 aliphatic rings. The first-order valence-electron chi connectivity index (χ1n) is 9.07. The molecule has 4 rings (SSSR count).